The summed E-state index contributed by atoms with van der Waals surface area (Å²) < 4.78 is 41.9. The lowest BCUT2D eigenvalue weighted by atomic mass is 9.78. The van der Waals surface area contributed by atoms with Gasteiger partial charge in [-0.1, -0.05) is 19.3 Å². The lowest BCUT2D eigenvalue weighted by Crippen LogP contribution is -2.46. The van der Waals surface area contributed by atoms with Crippen LogP contribution in [-0.4, -0.2) is 45.6 Å². The van der Waals surface area contributed by atoms with Crippen LogP contribution < -0.4 is 10.0 Å². The Kier molecular flexibility index (Phi) is 7.73. The average molecular weight is 466 g/mol. The number of oxazole rings is 1. The summed E-state index contributed by atoms with van der Waals surface area (Å²) in [4.78, 5) is 28.7. The van der Waals surface area contributed by atoms with Gasteiger partial charge in [-0.05, 0) is 43.0 Å². The molecule has 1 fully saturated rings. The van der Waals surface area contributed by atoms with Crippen LogP contribution >= 0.6 is 0 Å². The molecule has 1 aliphatic carbocycles. The first-order valence-electron chi connectivity index (χ1n) is 10.3. The van der Waals surface area contributed by atoms with Crippen molar-refractivity contribution in [2.45, 2.75) is 43.0 Å². The van der Waals surface area contributed by atoms with Crippen LogP contribution in [0.5, 0.6) is 0 Å². The molecule has 0 radical (unpaired) electrons. The summed E-state index contributed by atoms with van der Waals surface area (Å²) >= 11 is 0. The zero-order valence-corrected chi connectivity index (χ0v) is 18.8. The molecule has 0 spiro atoms. The fourth-order valence-corrected chi connectivity index (χ4v) is 4.92. The Morgan fingerprint density at radius 2 is 1.69 bits per heavy atom. The van der Waals surface area contributed by atoms with Gasteiger partial charge in [0.1, 0.15) is 6.26 Å². The van der Waals surface area contributed by atoms with Crippen molar-refractivity contribution in [3.63, 3.8) is 0 Å². The predicted octanol–water partition coefficient (Wildman–Crippen LogP) is 2.80. The van der Waals surface area contributed by atoms with Gasteiger partial charge in [0.2, 0.25) is 0 Å². The molecular weight excluding hydrogens is 438 g/mol. The van der Waals surface area contributed by atoms with Gasteiger partial charge in [0.25, 0.3) is 10.0 Å². The van der Waals surface area contributed by atoms with Gasteiger partial charge in [-0.25, -0.2) is 18.1 Å². The zero-order valence-electron chi connectivity index (χ0n) is 17.9. The van der Waals surface area contributed by atoms with E-state index >= 15 is 0 Å². The van der Waals surface area contributed by atoms with Crippen molar-refractivity contribution in [3.05, 3.63) is 36.7 Å². The Morgan fingerprint density at radius 3 is 2.22 bits per heavy atom. The molecule has 0 saturated heterocycles. The second-order valence-corrected chi connectivity index (χ2v) is 9.24. The van der Waals surface area contributed by atoms with E-state index in [-0.39, 0.29) is 16.8 Å². The molecule has 1 unspecified atom stereocenters. The molecule has 174 valence electrons. The number of anilines is 2. The Labute approximate surface area is 186 Å². The normalized spacial score (nSPS) is 15.7. The zero-order chi connectivity index (χ0) is 23.1. The molecule has 32 heavy (non-hydrogen) atoms. The van der Waals surface area contributed by atoms with Gasteiger partial charge < -0.3 is 19.2 Å². The number of carbonyl (C=O) groups excluding carboxylic acids is 2. The number of esters is 2. The quantitative estimate of drug-likeness (QED) is 0.423. The van der Waals surface area contributed by atoms with Crippen molar-refractivity contribution >= 4 is 33.7 Å². The molecule has 0 aliphatic heterocycles. The van der Waals surface area contributed by atoms with E-state index in [2.05, 4.69) is 15.0 Å². The highest BCUT2D eigenvalue weighted by atomic mass is 32.2. The summed E-state index contributed by atoms with van der Waals surface area (Å²) in [6.07, 6.45) is 7.41. The smallest absolute Gasteiger partial charge is 0.322 e. The molecule has 1 heterocycles. The molecule has 1 aliphatic rings. The summed E-state index contributed by atoms with van der Waals surface area (Å²) in [5, 5.41) is 3.26. The van der Waals surface area contributed by atoms with Crippen LogP contribution in [0.4, 0.5) is 11.7 Å². The highest BCUT2D eigenvalue weighted by molar-refractivity contribution is 7.92. The Morgan fingerprint density at radius 1 is 1.06 bits per heavy atom. The van der Waals surface area contributed by atoms with E-state index in [1.54, 1.807) is 12.1 Å². The molecule has 2 aromatic rings. The first-order valence-corrected chi connectivity index (χ1v) is 11.8. The Bertz CT molecular complexity index is 985. The monoisotopic (exact) mass is 465 g/mol. The number of hydrogen-bond acceptors (Lipinski definition) is 9. The molecule has 1 aromatic carbocycles. The van der Waals surface area contributed by atoms with Gasteiger partial charge in [0, 0.05) is 5.69 Å². The molecule has 10 nitrogen and oxygen atoms in total. The van der Waals surface area contributed by atoms with Crippen LogP contribution in [-0.2, 0) is 29.1 Å². The minimum absolute atomic E-state index is 0.00736. The predicted molar refractivity (Wildman–Crippen MR) is 115 cm³/mol. The highest BCUT2D eigenvalue weighted by Crippen LogP contribution is 2.33. The molecular formula is C21H27N3O7S. The standard InChI is InChI=1S/C21H27N3O7S/c1-29-19(25)17(20(26)30-2)18(14-6-4-3-5-7-14)23-15-8-10-16(11-9-15)32(27,28)24-21-22-12-13-31-21/h8-14,17-18,23H,3-7H2,1-2H3,(H,22,24). The van der Waals surface area contributed by atoms with E-state index in [0.29, 0.717) is 5.69 Å². The number of aromatic nitrogens is 1. The maximum atomic E-state index is 12.5. The van der Waals surface area contributed by atoms with E-state index in [0.717, 1.165) is 32.1 Å². The number of rotatable bonds is 9. The minimum atomic E-state index is -3.88. The van der Waals surface area contributed by atoms with Crippen molar-refractivity contribution in [2.75, 3.05) is 24.3 Å². The van der Waals surface area contributed by atoms with Gasteiger partial charge in [0.05, 0.1) is 31.4 Å². The van der Waals surface area contributed by atoms with Crippen LogP contribution in [0.2, 0.25) is 0 Å². The van der Waals surface area contributed by atoms with Gasteiger partial charge in [-0.2, -0.15) is 0 Å². The molecule has 0 bridgehead atoms. The van der Waals surface area contributed by atoms with Crippen molar-refractivity contribution in [3.8, 4) is 0 Å². The molecule has 1 saturated carbocycles. The molecule has 1 atom stereocenters. The number of nitrogens with zero attached hydrogens (tertiary/aromatic N) is 1. The van der Waals surface area contributed by atoms with Gasteiger partial charge in [0.15, 0.2) is 5.92 Å². The Balaban J connectivity index is 1.83. The van der Waals surface area contributed by atoms with Crippen LogP contribution in [0, 0.1) is 11.8 Å². The van der Waals surface area contributed by atoms with E-state index in [4.69, 9.17) is 13.9 Å². The van der Waals surface area contributed by atoms with Gasteiger partial charge in [-0.3, -0.25) is 9.59 Å². The number of hydrogen-bond donors (Lipinski definition) is 2. The van der Waals surface area contributed by atoms with E-state index in [1.807, 2.05) is 0 Å². The number of ether oxygens (including phenoxy) is 2. The number of nitrogens with one attached hydrogen (secondary N) is 2. The lowest BCUT2D eigenvalue weighted by molar-refractivity contribution is -0.160. The number of sulfonamides is 1. The van der Waals surface area contributed by atoms with Crippen molar-refractivity contribution in [1.82, 2.24) is 4.98 Å². The van der Waals surface area contributed by atoms with Gasteiger partial charge in [-0.15, -0.1) is 0 Å². The second-order valence-electron chi connectivity index (χ2n) is 7.56. The van der Waals surface area contributed by atoms with Gasteiger partial charge >= 0.3 is 18.0 Å². The summed E-state index contributed by atoms with van der Waals surface area (Å²) in [5.74, 6) is -2.42. The third-order valence-electron chi connectivity index (χ3n) is 5.58. The lowest BCUT2D eigenvalue weighted by Gasteiger charge is -2.34. The number of benzene rings is 1. The van der Waals surface area contributed by atoms with Crippen LogP contribution in [0.1, 0.15) is 32.1 Å². The average Bonchev–Trinajstić information content (AvgIpc) is 3.31. The maximum Gasteiger partial charge on any atom is 0.322 e. The third-order valence-corrected chi connectivity index (χ3v) is 6.92. The molecule has 3 rings (SSSR count). The first-order chi connectivity index (χ1) is 15.4. The molecule has 1 aromatic heterocycles. The van der Waals surface area contributed by atoms with Crippen molar-refractivity contribution < 1.29 is 31.9 Å². The van der Waals surface area contributed by atoms with E-state index < -0.39 is 33.9 Å². The fourth-order valence-electron chi connectivity index (χ4n) is 3.98. The SMILES string of the molecule is COC(=O)C(C(=O)OC)C(Nc1ccc(S(=O)(=O)Nc2ncco2)cc1)C1CCCCC1. The van der Waals surface area contributed by atoms with Crippen molar-refractivity contribution in [2.24, 2.45) is 11.8 Å². The van der Waals surface area contributed by atoms with Crippen molar-refractivity contribution in [1.29, 1.82) is 0 Å². The number of carbonyl (C=O) groups is 2. The largest absolute Gasteiger partial charge is 0.468 e. The van der Waals surface area contributed by atoms with E-state index in [1.165, 1.54) is 38.8 Å². The summed E-state index contributed by atoms with van der Waals surface area (Å²) in [5.41, 5.74) is 0.563. The topological polar surface area (TPSA) is 137 Å². The summed E-state index contributed by atoms with van der Waals surface area (Å²) in [6.45, 7) is 0. The maximum absolute atomic E-state index is 12.5. The molecule has 2 N–H and O–H groups in total. The van der Waals surface area contributed by atoms with Crippen LogP contribution in [0.15, 0.2) is 46.0 Å². The second kappa shape index (κ2) is 10.5. The minimum Gasteiger partial charge on any atom is -0.468 e. The molecule has 0 amide bonds. The third kappa shape index (κ3) is 5.58. The Hall–Kier alpha value is -3.08. The fraction of sp³-hybridized carbons (Fsp3) is 0.476. The molecule has 11 heteroatoms. The van der Waals surface area contributed by atoms with Crippen LogP contribution in [0.25, 0.3) is 0 Å². The highest BCUT2D eigenvalue weighted by Gasteiger charge is 2.41. The first kappa shape index (κ1) is 23.6. The van der Waals surface area contributed by atoms with E-state index in [9.17, 15) is 18.0 Å². The summed E-state index contributed by atoms with van der Waals surface area (Å²) in [7, 11) is -1.42. The summed E-state index contributed by atoms with van der Waals surface area (Å²) in [6, 6.07) is 5.29. The van der Waals surface area contributed by atoms with Crippen LogP contribution in [0.3, 0.4) is 0 Å². The number of methoxy groups -OCH3 is 2.